The fourth-order valence-corrected chi connectivity index (χ4v) is 8.99. The maximum Gasteiger partial charge on any atom is 0.227 e. The minimum atomic E-state index is 0.614. The van der Waals surface area contributed by atoms with E-state index in [4.69, 9.17) is 9.40 Å². The molecule has 12 aromatic rings. The van der Waals surface area contributed by atoms with E-state index in [1.807, 2.05) is 30.3 Å². The zero-order valence-corrected chi connectivity index (χ0v) is 32.0. The Labute approximate surface area is 340 Å². The highest BCUT2D eigenvalue weighted by molar-refractivity contribution is 6.20. The summed E-state index contributed by atoms with van der Waals surface area (Å²) in [5.74, 6) is 0.614. The van der Waals surface area contributed by atoms with Crippen LogP contribution in [0.1, 0.15) is 0 Å². The number of oxazole rings is 1. The van der Waals surface area contributed by atoms with Gasteiger partial charge in [0.1, 0.15) is 5.52 Å². The Morgan fingerprint density at radius 3 is 1.85 bits per heavy atom. The largest absolute Gasteiger partial charge is 0.435 e. The molecular formula is C55H35N3O. The lowest BCUT2D eigenvalue weighted by Gasteiger charge is -2.28. The second kappa shape index (κ2) is 13.3. The molecule has 0 saturated heterocycles. The molecule has 0 amide bonds. The van der Waals surface area contributed by atoms with E-state index in [-0.39, 0.29) is 0 Å². The third kappa shape index (κ3) is 5.42. The molecule has 12 rings (SSSR count). The van der Waals surface area contributed by atoms with Gasteiger partial charge in [-0.1, -0.05) is 140 Å². The molecule has 2 aromatic heterocycles. The summed E-state index contributed by atoms with van der Waals surface area (Å²) in [5.41, 5.74) is 11.5. The number of para-hydroxylation sites is 2. The van der Waals surface area contributed by atoms with Crippen molar-refractivity contribution in [3.05, 3.63) is 212 Å². The molecule has 0 N–H and O–H groups in total. The average Bonchev–Trinajstić information content (AvgIpc) is 3.90. The molecule has 0 aliphatic carbocycles. The fourth-order valence-electron chi connectivity index (χ4n) is 8.99. The summed E-state index contributed by atoms with van der Waals surface area (Å²) in [6.45, 7) is 0. The molecule has 0 aliphatic rings. The van der Waals surface area contributed by atoms with E-state index < -0.39 is 0 Å². The number of hydrogen-bond donors (Lipinski definition) is 0. The van der Waals surface area contributed by atoms with Crippen molar-refractivity contribution in [3.63, 3.8) is 0 Å². The third-order valence-corrected chi connectivity index (χ3v) is 11.8. The Kier molecular flexibility index (Phi) is 7.50. The predicted octanol–water partition coefficient (Wildman–Crippen LogP) is 15.2. The Bertz CT molecular complexity index is 3550. The van der Waals surface area contributed by atoms with Crippen molar-refractivity contribution < 1.29 is 4.42 Å². The highest BCUT2D eigenvalue weighted by atomic mass is 16.3. The molecule has 2 heterocycles. The van der Waals surface area contributed by atoms with Gasteiger partial charge in [0, 0.05) is 44.2 Å². The van der Waals surface area contributed by atoms with Crippen LogP contribution in [0.2, 0.25) is 0 Å². The first-order chi connectivity index (χ1) is 29.2. The molecule has 276 valence electrons. The summed E-state index contributed by atoms with van der Waals surface area (Å²) < 4.78 is 9.07. The summed E-state index contributed by atoms with van der Waals surface area (Å²) in [6.07, 6.45) is 0. The topological polar surface area (TPSA) is 34.2 Å². The zero-order valence-electron chi connectivity index (χ0n) is 32.0. The number of rotatable bonds is 6. The molecule has 0 atom stereocenters. The van der Waals surface area contributed by atoms with Crippen molar-refractivity contribution in [1.29, 1.82) is 0 Å². The van der Waals surface area contributed by atoms with Gasteiger partial charge in [-0.15, -0.1) is 0 Å². The summed E-state index contributed by atoms with van der Waals surface area (Å²) in [4.78, 5) is 7.38. The number of fused-ring (bicyclic) bond motifs is 9. The molecule has 4 nitrogen and oxygen atoms in total. The van der Waals surface area contributed by atoms with Gasteiger partial charge in [0.25, 0.3) is 0 Å². The Morgan fingerprint density at radius 1 is 0.390 bits per heavy atom. The Morgan fingerprint density at radius 2 is 1.02 bits per heavy atom. The van der Waals surface area contributed by atoms with E-state index in [0.29, 0.717) is 5.89 Å². The molecule has 10 aromatic carbocycles. The second-order valence-corrected chi connectivity index (χ2v) is 15.2. The molecule has 0 unspecified atom stereocenters. The van der Waals surface area contributed by atoms with Gasteiger partial charge in [0.05, 0.1) is 16.7 Å². The van der Waals surface area contributed by atoms with Crippen LogP contribution in [0.25, 0.3) is 93.5 Å². The van der Waals surface area contributed by atoms with E-state index >= 15 is 0 Å². The van der Waals surface area contributed by atoms with Gasteiger partial charge >= 0.3 is 0 Å². The SMILES string of the molecule is c1ccc(-c2nc3ccc4c5ccccc5c(N(c5ccc(-c6ccc7ccccc7c6)cc5)c5ccc6c7ccccc7n(-c7ccccc7)c6c5)cc4c3o2)cc1. The van der Waals surface area contributed by atoms with Crippen LogP contribution in [0.15, 0.2) is 217 Å². The lowest BCUT2D eigenvalue weighted by Crippen LogP contribution is -2.11. The second-order valence-electron chi connectivity index (χ2n) is 15.2. The first-order valence-corrected chi connectivity index (χ1v) is 20.0. The van der Waals surface area contributed by atoms with E-state index in [0.717, 1.165) is 66.5 Å². The molecular weight excluding hydrogens is 719 g/mol. The van der Waals surface area contributed by atoms with Gasteiger partial charge in [0.15, 0.2) is 5.58 Å². The van der Waals surface area contributed by atoms with E-state index in [9.17, 15) is 0 Å². The number of benzene rings is 10. The molecule has 4 heteroatoms. The molecule has 59 heavy (non-hydrogen) atoms. The molecule has 0 fully saturated rings. The summed E-state index contributed by atoms with van der Waals surface area (Å²) in [6, 6.07) is 75.9. The van der Waals surface area contributed by atoms with Crippen molar-refractivity contribution >= 4 is 82.3 Å². The number of aromatic nitrogens is 2. The lowest BCUT2D eigenvalue weighted by atomic mass is 9.97. The van der Waals surface area contributed by atoms with Crippen LogP contribution in [-0.4, -0.2) is 9.55 Å². The van der Waals surface area contributed by atoms with Crippen LogP contribution in [0, 0.1) is 0 Å². The fraction of sp³-hybridized carbons (Fsp3) is 0. The zero-order chi connectivity index (χ0) is 38.9. The summed E-state index contributed by atoms with van der Waals surface area (Å²) in [7, 11) is 0. The number of nitrogens with zero attached hydrogens (tertiary/aromatic N) is 3. The van der Waals surface area contributed by atoms with Gasteiger partial charge in [-0.25, -0.2) is 4.98 Å². The van der Waals surface area contributed by atoms with Crippen LogP contribution in [0.3, 0.4) is 0 Å². The minimum absolute atomic E-state index is 0.614. The van der Waals surface area contributed by atoms with Crippen LogP contribution in [0.5, 0.6) is 0 Å². The van der Waals surface area contributed by atoms with Crippen LogP contribution in [-0.2, 0) is 0 Å². The maximum absolute atomic E-state index is 6.68. The monoisotopic (exact) mass is 753 g/mol. The predicted molar refractivity (Wildman–Crippen MR) is 246 cm³/mol. The van der Waals surface area contributed by atoms with Gasteiger partial charge in [-0.2, -0.15) is 0 Å². The summed E-state index contributed by atoms with van der Waals surface area (Å²) in [5, 5.41) is 9.34. The highest BCUT2D eigenvalue weighted by Gasteiger charge is 2.22. The Hall–Kier alpha value is -7.95. The standard InChI is InChI=1S/C55H35N3O/c1-3-14-38(15-4-1)55-56-50-32-31-45-44-19-9-10-20-46(44)53(35-49(45)54(50)59-55)57(42-27-25-37(26-28-42)40-24-23-36-13-7-8-16-39(36)33-40)43-29-30-48-47-21-11-12-22-51(47)58(52(48)34-43)41-17-5-2-6-18-41/h1-35H. The lowest BCUT2D eigenvalue weighted by molar-refractivity contribution is 0.623. The van der Waals surface area contributed by atoms with Gasteiger partial charge in [-0.3, -0.25) is 0 Å². The van der Waals surface area contributed by atoms with Gasteiger partial charge < -0.3 is 13.9 Å². The molecule has 0 saturated carbocycles. The van der Waals surface area contributed by atoms with Crippen molar-refractivity contribution in [2.45, 2.75) is 0 Å². The molecule has 0 aliphatic heterocycles. The van der Waals surface area contributed by atoms with Crippen molar-refractivity contribution in [3.8, 4) is 28.3 Å². The number of hydrogen-bond acceptors (Lipinski definition) is 3. The summed E-state index contributed by atoms with van der Waals surface area (Å²) >= 11 is 0. The van der Waals surface area contributed by atoms with Gasteiger partial charge in [0.2, 0.25) is 5.89 Å². The molecule has 0 spiro atoms. The van der Waals surface area contributed by atoms with Crippen LogP contribution in [0.4, 0.5) is 17.1 Å². The van der Waals surface area contributed by atoms with E-state index in [2.05, 4.69) is 191 Å². The number of anilines is 3. The van der Waals surface area contributed by atoms with Crippen LogP contribution >= 0.6 is 0 Å². The molecule has 0 bridgehead atoms. The minimum Gasteiger partial charge on any atom is -0.435 e. The Balaban J connectivity index is 1.12. The van der Waals surface area contributed by atoms with E-state index in [1.54, 1.807) is 0 Å². The van der Waals surface area contributed by atoms with Crippen molar-refractivity contribution in [2.75, 3.05) is 4.90 Å². The van der Waals surface area contributed by atoms with Gasteiger partial charge in [-0.05, 0) is 105 Å². The first-order valence-electron chi connectivity index (χ1n) is 20.0. The van der Waals surface area contributed by atoms with E-state index in [1.165, 1.54) is 38.2 Å². The van der Waals surface area contributed by atoms with Crippen molar-refractivity contribution in [2.24, 2.45) is 0 Å². The van der Waals surface area contributed by atoms with Crippen molar-refractivity contribution in [1.82, 2.24) is 9.55 Å². The third-order valence-electron chi connectivity index (χ3n) is 11.8. The molecule has 0 radical (unpaired) electrons. The van der Waals surface area contributed by atoms with Crippen LogP contribution < -0.4 is 4.90 Å². The highest BCUT2D eigenvalue weighted by Crippen LogP contribution is 2.46. The quantitative estimate of drug-likeness (QED) is 0.159. The smallest absolute Gasteiger partial charge is 0.227 e. The average molecular weight is 754 g/mol. The normalized spacial score (nSPS) is 11.7. The maximum atomic E-state index is 6.68. The first kappa shape index (κ1) is 33.2.